The van der Waals surface area contributed by atoms with E-state index in [4.69, 9.17) is 5.26 Å². The molecular formula is C11H14N4O. The average Bonchev–Trinajstić information content (AvgIpc) is 2.70. The molecule has 0 spiro atoms. The molecule has 0 bridgehead atoms. The van der Waals surface area contributed by atoms with Crippen molar-refractivity contribution in [2.24, 2.45) is 5.92 Å². The van der Waals surface area contributed by atoms with Crippen LogP contribution in [0.25, 0.3) is 0 Å². The summed E-state index contributed by atoms with van der Waals surface area (Å²) in [5.41, 5.74) is 0.316. The molecule has 1 saturated heterocycles. The van der Waals surface area contributed by atoms with E-state index in [0.717, 1.165) is 18.8 Å². The van der Waals surface area contributed by atoms with Crippen LogP contribution in [0.2, 0.25) is 0 Å². The highest BCUT2D eigenvalue weighted by Crippen LogP contribution is 2.27. The van der Waals surface area contributed by atoms with Crippen LogP contribution in [0.1, 0.15) is 19.0 Å². The van der Waals surface area contributed by atoms with E-state index in [1.165, 1.54) is 6.20 Å². The quantitative estimate of drug-likeness (QED) is 0.785. The van der Waals surface area contributed by atoms with E-state index in [1.54, 1.807) is 6.20 Å². The molecule has 0 radical (unpaired) electrons. The van der Waals surface area contributed by atoms with Crippen molar-refractivity contribution < 1.29 is 5.11 Å². The third kappa shape index (κ3) is 1.84. The highest BCUT2D eigenvalue weighted by atomic mass is 16.3. The third-order valence-corrected chi connectivity index (χ3v) is 3.12. The minimum absolute atomic E-state index is 0.113. The maximum atomic E-state index is 9.33. The van der Waals surface area contributed by atoms with E-state index >= 15 is 0 Å². The number of aliphatic hydroxyl groups is 1. The number of hydrogen-bond acceptors (Lipinski definition) is 5. The Bertz CT molecular complexity index is 397. The van der Waals surface area contributed by atoms with Gasteiger partial charge in [0, 0.05) is 6.54 Å². The molecule has 1 aliphatic rings. The zero-order valence-corrected chi connectivity index (χ0v) is 9.17. The van der Waals surface area contributed by atoms with Crippen molar-refractivity contribution in [2.75, 3.05) is 18.1 Å². The summed E-state index contributed by atoms with van der Waals surface area (Å²) in [5.74, 6) is 1.20. The highest BCUT2D eigenvalue weighted by Gasteiger charge is 2.31. The lowest BCUT2D eigenvalue weighted by Gasteiger charge is -2.25. The molecule has 84 valence electrons. The summed E-state index contributed by atoms with van der Waals surface area (Å²) in [7, 11) is 0. The Labute approximate surface area is 94.4 Å². The average molecular weight is 218 g/mol. The molecule has 0 saturated carbocycles. The van der Waals surface area contributed by atoms with Crippen LogP contribution in [0.15, 0.2) is 12.4 Å². The molecule has 1 N–H and O–H groups in total. The predicted molar refractivity (Wildman–Crippen MR) is 58.7 cm³/mol. The van der Waals surface area contributed by atoms with Crippen molar-refractivity contribution in [2.45, 2.75) is 19.4 Å². The van der Waals surface area contributed by atoms with E-state index in [-0.39, 0.29) is 12.6 Å². The normalized spacial score (nSPS) is 24.4. The number of nitriles is 1. The maximum absolute atomic E-state index is 9.33. The molecule has 0 aliphatic carbocycles. The number of aliphatic hydroxyl groups excluding tert-OH is 1. The summed E-state index contributed by atoms with van der Waals surface area (Å²) in [6.07, 6.45) is 4.11. The van der Waals surface area contributed by atoms with Crippen LogP contribution in [0, 0.1) is 17.2 Å². The number of anilines is 1. The summed E-state index contributed by atoms with van der Waals surface area (Å²) in [5, 5.41) is 18.0. The number of aromatic nitrogens is 2. The Morgan fingerprint density at radius 2 is 2.38 bits per heavy atom. The smallest absolute Gasteiger partial charge is 0.158 e. The standard InChI is InChI=1S/C11H14N4O/c1-8-2-3-15(10(8)7-16)11-6-13-9(4-12)5-14-11/h5-6,8,10,16H,2-3,7H2,1H3. The van der Waals surface area contributed by atoms with Gasteiger partial charge in [-0.2, -0.15) is 5.26 Å². The summed E-state index contributed by atoms with van der Waals surface area (Å²) < 4.78 is 0. The van der Waals surface area contributed by atoms with Crippen LogP contribution in [-0.2, 0) is 0 Å². The molecule has 0 amide bonds. The van der Waals surface area contributed by atoms with Gasteiger partial charge in [0.15, 0.2) is 5.69 Å². The second kappa shape index (κ2) is 4.45. The van der Waals surface area contributed by atoms with Crippen molar-refractivity contribution in [3.8, 4) is 6.07 Å². The van der Waals surface area contributed by atoms with Gasteiger partial charge in [-0.05, 0) is 12.3 Å². The zero-order chi connectivity index (χ0) is 11.5. The Morgan fingerprint density at radius 3 is 2.94 bits per heavy atom. The molecule has 5 heteroatoms. The summed E-state index contributed by atoms with van der Waals surface area (Å²) in [4.78, 5) is 10.2. The van der Waals surface area contributed by atoms with Gasteiger partial charge < -0.3 is 10.0 Å². The van der Waals surface area contributed by atoms with Gasteiger partial charge in [-0.3, -0.25) is 0 Å². The summed E-state index contributed by atoms with van der Waals surface area (Å²) in [6, 6.07) is 2.05. The molecule has 5 nitrogen and oxygen atoms in total. The minimum atomic E-state index is 0.113. The van der Waals surface area contributed by atoms with Gasteiger partial charge in [-0.25, -0.2) is 9.97 Å². The van der Waals surface area contributed by atoms with E-state index < -0.39 is 0 Å². The number of nitrogens with zero attached hydrogens (tertiary/aromatic N) is 4. The van der Waals surface area contributed by atoms with Crippen LogP contribution in [0.5, 0.6) is 0 Å². The second-order valence-corrected chi connectivity index (χ2v) is 4.08. The molecule has 2 heterocycles. The van der Waals surface area contributed by atoms with Gasteiger partial charge >= 0.3 is 0 Å². The lowest BCUT2D eigenvalue weighted by atomic mass is 10.0. The molecule has 1 fully saturated rings. The summed E-state index contributed by atoms with van der Waals surface area (Å²) >= 11 is 0. The first kappa shape index (κ1) is 10.8. The van der Waals surface area contributed by atoms with Crippen LogP contribution < -0.4 is 4.90 Å². The third-order valence-electron chi connectivity index (χ3n) is 3.12. The van der Waals surface area contributed by atoms with Gasteiger partial charge in [-0.1, -0.05) is 6.92 Å². The summed E-state index contributed by atoms with van der Waals surface area (Å²) in [6.45, 7) is 3.13. The molecule has 1 aromatic rings. The van der Waals surface area contributed by atoms with Gasteiger partial charge in [0.2, 0.25) is 0 Å². The van der Waals surface area contributed by atoms with E-state index in [0.29, 0.717) is 11.6 Å². The van der Waals surface area contributed by atoms with Crippen LogP contribution in [0.3, 0.4) is 0 Å². The molecule has 2 unspecified atom stereocenters. The zero-order valence-electron chi connectivity index (χ0n) is 9.17. The Hall–Kier alpha value is -1.67. The molecule has 16 heavy (non-hydrogen) atoms. The van der Waals surface area contributed by atoms with Gasteiger partial charge in [0.1, 0.15) is 11.9 Å². The van der Waals surface area contributed by atoms with Crippen LogP contribution in [0.4, 0.5) is 5.82 Å². The first-order chi connectivity index (χ1) is 7.76. The van der Waals surface area contributed by atoms with E-state index in [1.807, 2.05) is 6.07 Å². The fraction of sp³-hybridized carbons (Fsp3) is 0.545. The van der Waals surface area contributed by atoms with Crippen molar-refractivity contribution in [3.05, 3.63) is 18.1 Å². The van der Waals surface area contributed by atoms with Crippen molar-refractivity contribution in [1.29, 1.82) is 5.26 Å². The molecular weight excluding hydrogens is 204 g/mol. The molecule has 1 aromatic heterocycles. The predicted octanol–water partition coefficient (Wildman–Crippen LogP) is 0.555. The SMILES string of the molecule is CC1CCN(c2cnc(C#N)cn2)C1CO. The lowest BCUT2D eigenvalue weighted by molar-refractivity contribution is 0.244. The maximum Gasteiger partial charge on any atom is 0.158 e. The van der Waals surface area contributed by atoms with Crippen molar-refractivity contribution >= 4 is 5.82 Å². The van der Waals surface area contributed by atoms with Gasteiger partial charge in [0.25, 0.3) is 0 Å². The van der Waals surface area contributed by atoms with Crippen molar-refractivity contribution in [1.82, 2.24) is 9.97 Å². The van der Waals surface area contributed by atoms with Gasteiger partial charge in [0.05, 0.1) is 25.0 Å². The Kier molecular flexibility index (Phi) is 3.02. The fourth-order valence-electron chi connectivity index (χ4n) is 2.10. The topological polar surface area (TPSA) is 73.0 Å². The Morgan fingerprint density at radius 1 is 1.56 bits per heavy atom. The first-order valence-electron chi connectivity index (χ1n) is 5.36. The lowest BCUT2D eigenvalue weighted by Crippen LogP contribution is -2.35. The first-order valence-corrected chi connectivity index (χ1v) is 5.36. The monoisotopic (exact) mass is 218 g/mol. The van der Waals surface area contributed by atoms with Crippen LogP contribution in [-0.4, -0.2) is 34.3 Å². The minimum Gasteiger partial charge on any atom is -0.394 e. The van der Waals surface area contributed by atoms with E-state index in [9.17, 15) is 5.11 Å². The molecule has 2 rings (SSSR count). The number of rotatable bonds is 2. The molecule has 0 aromatic carbocycles. The van der Waals surface area contributed by atoms with Gasteiger partial charge in [-0.15, -0.1) is 0 Å². The van der Waals surface area contributed by atoms with Crippen molar-refractivity contribution in [3.63, 3.8) is 0 Å². The Balaban J connectivity index is 2.21. The van der Waals surface area contributed by atoms with E-state index in [2.05, 4.69) is 21.8 Å². The molecule has 2 atom stereocenters. The highest BCUT2D eigenvalue weighted by molar-refractivity contribution is 5.40. The largest absolute Gasteiger partial charge is 0.394 e. The number of hydrogen-bond donors (Lipinski definition) is 1. The van der Waals surface area contributed by atoms with Crippen LogP contribution >= 0.6 is 0 Å². The fourth-order valence-corrected chi connectivity index (χ4v) is 2.10. The molecule has 1 aliphatic heterocycles. The second-order valence-electron chi connectivity index (χ2n) is 4.08.